The first-order chi connectivity index (χ1) is 6.65. The molecule has 1 N–H and O–H groups in total. The zero-order chi connectivity index (χ0) is 10.6. The molecular weight excluding hydrogens is 192 g/mol. The van der Waals surface area contributed by atoms with Gasteiger partial charge >= 0.3 is 0 Å². The maximum Gasteiger partial charge on any atom is 0.251 e. The van der Waals surface area contributed by atoms with E-state index in [-0.39, 0.29) is 12.4 Å². The van der Waals surface area contributed by atoms with Gasteiger partial charge in [-0.1, -0.05) is 0 Å². The molecule has 0 aliphatic rings. The molecule has 0 radical (unpaired) electrons. The van der Waals surface area contributed by atoms with Crippen LogP contribution in [0.3, 0.4) is 0 Å². The lowest BCUT2D eigenvalue weighted by molar-refractivity contribution is -0.550. The quantitative estimate of drug-likeness (QED) is 0.522. The van der Waals surface area contributed by atoms with Gasteiger partial charge in [0.15, 0.2) is 6.20 Å². The second-order valence-corrected chi connectivity index (χ2v) is 2.32. The van der Waals surface area contributed by atoms with Crippen molar-refractivity contribution in [1.29, 1.82) is 0 Å². The van der Waals surface area contributed by atoms with Crippen molar-refractivity contribution in [2.24, 2.45) is 0 Å². The predicted molar refractivity (Wildman–Crippen MR) is 45.1 cm³/mol. The molecule has 1 amide bonds. The number of nitro groups is 1. The molecule has 0 aliphatic carbocycles. The van der Waals surface area contributed by atoms with Crippen molar-refractivity contribution < 1.29 is 14.6 Å². The predicted octanol–water partition coefficient (Wildman–Crippen LogP) is -0.492. The van der Waals surface area contributed by atoms with Gasteiger partial charge in [-0.3, -0.25) is 4.79 Å². The minimum absolute atomic E-state index is 0.00273. The van der Waals surface area contributed by atoms with Gasteiger partial charge in [-0.05, 0) is 0 Å². The highest BCUT2D eigenvalue weighted by molar-refractivity contribution is 5.90. The maximum absolute atomic E-state index is 11.0. The van der Waals surface area contributed by atoms with Crippen molar-refractivity contribution >= 4 is 11.7 Å². The van der Waals surface area contributed by atoms with Gasteiger partial charge in [0.2, 0.25) is 5.82 Å². The molecule has 1 aromatic heterocycles. The molecule has 1 aromatic rings. The lowest BCUT2D eigenvalue weighted by atomic mass is 10.5. The number of amides is 1. The summed E-state index contributed by atoms with van der Waals surface area (Å²) in [6.45, 7) is -0.164. The summed E-state index contributed by atoms with van der Waals surface area (Å²) in [5.41, 5.74) is 0. The molecule has 0 aliphatic heterocycles. The Kier molecular flexibility index (Phi) is 3.13. The van der Waals surface area contributed by atoms with E-state index in [0.717, 1.165) is 0 Å². The summed E-state index contributed by atoms with van der Waals surface area (Å²) < 4.78 is 4.54. The average molecular weight is 200 g/mol. The molecule has 0 fully saturated rings. The minimum Gasteiger partial charge on any atom is -0.375 e. The Bertz CT molecular complexity index is 347. The molecule has 76 valence electrons. The molecule has 0 unspecified atom stereocenters. The number of ether oxygens (including phenoxy) is 1. The third-order valence-corrected chi connectivity index (χ3v) is 1.32. The van der Waals surface area contributed by atoms with E-state index in [2.05, 4.69) is 15.2 Å². The van der Waals surface area contributed by atoms with Crippen LogP contribution < -0.4 is 5.32 Å². The standard InChI is InChI=1S/C6H8N4O4/c1-14-4-6(11)8-5-2-3-7-9(5)10(12)13/h2-3H,4H2,1H3,(H,8,11). The summed E-state index contributed by atoms with van der Waals surface area (Å²) in [6, 6.07) is 1.32. The van der Waals surface area contributed by atoms with Gasteiger partial charge in [0, 0.05) is 23.1 Å². The number of anilines is 1. The summed E-state index contributed by atoms with van der Waals surface area (Å²) in [7, 11) is 1.35. The maximum atomic E-state index is 11.0. The van der Waals surface area contributed by atoms with Crippen LogP contribution >= 0.6 is 0 Å². The summed E-state index contributed by atoms with van der Waals surface area (Å²) in [6.07, 6.45) is 1.21. The van der Waals surface area contributed by atoms with Gasteiger partial charge < -0.3 is 20.2 Å². The lowest BCUT2D eigenvalue weighted by Crippen LogP contribution is -2.22. The first-order valence-electron chi connectivity index (χ1n) is 3.62. The zero-order valence-electron chi connectivity index (χ0n) is 7.34. The number of nitrogens with zero attached hydrogens (tertiary/aromatic N) is 3. The van der Waals surface area contributed by atoms with Crippen molar-refractivity contribution in [2.45, 2.75) is 0 Å². The Morgan fingerprint density at radius 3 is 3.14 bits per heavy atom. The molecule has 14 heavy (non-hydrogen) atoms. The number of carbonyl (C=O) groups is 1. The van der Waals surface area contributed by atoms with Gasteiger partial charge in [-0.2, -0.15) is 0 Å². The number of rotatable bonds is 4. The van der Waals surface area contributed by atoms with Gasteiger partial charge in [0.25, 0.3) is 5.91 Å². The Balaban J connectivity index is 2.71. The normalized spacial score (nSPS) is 9.79. The van der Waals surface area contributed by atoms with Crippen LogP contribution in [0.4, 0.5) is 5.82 Å². The molecule has 0 aromatic carbocycles. The summed E-state index contributed by atoms with van der Waals surface area (Å²) in [4.78, 5) is 21.8. The second-order valence-electron chi connectivity index (χ2n) is 2.32. The molecule has 0 spiro atoms. The molecule has 1 rings (SSSR count). The van der Waals surface area contributed by atoms with Crippen molar-refractivity contribution in [1.82, 2.24) is 9.89 Å². The summed E-state index contributed by atoms with van der Waals surface area (Å²) >= 11 is 0. The Labute approximate surface area is 78.6 Å². The summed E-state index contributed by atoms with van der Waals surface area (Å²) in [5, 5.41) is 15.3. The molecular formula is C6H8N4O4. The second kappa shape index (κ2) is 4.33. The molecule has 8 heteroatoms. The number of methoxy groups -OCH3 is 1. The van der Waals surface area contributed by atoms with Crippen LogP contribution in [0.2, 0.25) is 0 Å². The number of nitrogens with one attached hydrogen (secondary N) is 1. The fourth-order valence-corrected chi connectivity index (χ4v) is 0.828. The number of hydrogen-bond donors (Lipinski definition) is 1. The highest BCUT2D eigenvalue weighted by atomic mass is 16.7. The van der Waals surface area contributed by atoms with Gasteiger partial charge in [-0.15, -0.1) is 0 Å². The van der Waals surface area contributed by atoms with Crippen LogP contribution in [-0.4, -0.2) is 34.5 Å². The van der Waals surface area contributed by atoms with Gasteiger partial charge in [0.1, 0.15) is 6.61 Å². The monoisotopic (exact) mass is 200 g/mol. The van der Waals surface area contributed by atoms with E-state index >= 15 is 0 Å². The Morgan fingerprint density at radius 2 is 2.57 bits per heavy atom. The first kappa shape index (κ1) is 10.1. The van der Waals surface area contributed by atoms with Crippen LogP contribution in [-0.2, 0) is 9.53 Å². The topological polar surface area (TPSA) is 99.3 Å². The molecule has 8 nitrogen and oxygen atoms in total. The van der Waals surface area contributed by atoms with Crippen molar-refractivity contribution in [2.75, 3.05) is 19.0 Å². The lowest BCUT2D eigenvalue weighted by Gasteiger charge is -2.01. The van der Waals surface area contributed by atoms with Crippen LogP contribution in [0.15, 0.2) is 12.3 Å². The molecule has 0 saturated heterocycles. The van der Waals surface area contributed by atoms with Crippen molar-refractivity contribution in [3.8, 4) is 0 Å². The van der Waals surface area contributed by atoms with Crippen LogP contribution in [0.1, 0.15) is 0 Å². The number of hydrogen-bond acceptors (Lipinski definition) is 5. The zero-order valence-corrected chi connectivity index (χ0v) is 7.34. The smallest absolute Gasteiger partial charge is 0.251 e. The molecule has 0 saturated carbocycles. The fraction of sp³-hybridized carbons (Fsp3) is 0.333. The van der Waals surface area contributed by atoms with Crippen LogP contribution in [0.25, 0.3) is 0 Å². The molecule has 0 atom stereocenters. The van der Waals surface area contributed by atoms with E-state index in [1.54, 1.807) is 0 Å². The van der Waals surface area contributed by atoms with Crippen LogP contribution in [0.5, 0.6) is 0 Å². The van der Waals surface area contributed by atoms with E-state index in [9.17, 15) is 14.9 Å². The first-order valence-corrected chi connectivity index (χ1v) is 3.62. The Hall–Kier alpha value is -1.96. The van der Waals surface area contributed by atoms with E-state index < -0.39 is 10.9 Å². The van der Waals surface area contributed by atoms with Crippen LogP contribution in [0, 0.1) is 10.1 Å². The van der Waals surface area contributed by atoms with E-state index in [1.807, 2.05) is 0 Å². The Morgan fingerprint density at radius 1 is 1.86 bits per heavy atom. The minimum atomic E-state index is -0.748. The van der Waals surface area contributed by atoms with E-state index in [1.165, 1.54) is 19.4 Å². The molecule has 0 bridgehead atoms. The number of carbonyl (C=O) groups excluding carboxylic acids is 1. The third kappa shape index (κ3) is 2.26. The highest BCUT2D eigenvalue weighted by Gasteiger charge is 2.13. The SMILES string of the molecule is COCC(=O)Nc1ccnn1[N+](=O)[O-]. The van der Waals surface area contributed by atoms with E-state index in [4.69, 9.17) is 0 Å². The van der Waals surface area contributed by atoms with E-state index in [0.29, 0.717) is 4.79 Å². The highest BCUT2D eigenvalue weighted by Crippen LogP contribution is 2.04. The third-order valence-electron chi connectivity index (χ3n) is 1.32. The largest absolute Gasteiger partial charge is 0.375 e. The van der Waals surface area contributed by atoms with Crippen molar-refractivity contribution in [3.63, 3.8) is 0 Å². The summed E-state index contributed by atoms with van der Waals surface area (Å²) in [5.74, 6) is -0.479. The van der Waals surface area contributed by atoms with Gasteiger partial charge in [0.05, 0.1) is 5.03 Å². The fourth-order valence-electron chi connectivity index (χ4n) is 0.828. The van der Waals surface area contributed by atoms with Crippen molar-refractivity contribution in [3.05, 3.63) is 22.4 Å². The number of aromatic nitrogens is 2. The average Bonchev–Trinajstić information content (AvgIpc) is 2.52. The molecule has 1 heterocycles. The van der Waals surface area contributed by atoms with Gasteiger partial charge in [-0.25, -0.2) is 0 Å².